The predicted molar refractivity (Wildman–Crippen MR) is 101 cm³/mol. The summed E-state index contributed by atoms with van der Waals surface area (Å²) in [6, 6.07) is 0. The summed E-state index contributed by atoms with van der Waals surface area (Å²) in [7, 11) is 0. The van der Waals surface area contributed by atoms with E-state index in [1.54, 1.807) is 0 Å². The van der Waals surface area contributed by atoms with Gasteiger partial charge in [-0.3, -0.25) is 0 Å². The van der Waals surface area contributed by atoms with Gasteiger partial charge in [-0.25, -0.2) is 0 Å². The zero-order valence-corrected chi connectivity index (χ0v) is 17.2. The summed E-state index contributed by atoms with van der Waals surface area (Å²) in [6.45, 7) is 24.8. The average molecular weight is 309 g/mol. The molecule has 132 valence electrons. The Balaban J connectivity index is 3.35. The molecule has 0 saturated heterocycles. The van der Waals surface area contributed by atoms with Crippen molar-refractivity contribution < 1.29 is 0 Å². The lowest BCUT2D eigenvalue weighted by atomic mass is 9.60. The third kappa shape index (κ3) is 4.30. The van der Waals surface area contributed by atoms with Gasteiger partial charge in [0.15, 0.2) is 0 Å². The molecule has 0 aliphatic heterocycles. The van der Waals surface area contributed by atoms with Crippen LogP contribution < -0.4 is 0 Å². The molecule has 1 aliphatic rings. The molecule has 0 radical (unpaired) electrons. The van der Waals surface area contributed by atoms with Crippen molar-refractivity contribution in [1.29, 1.82) is 0 Å². The van der Waals surface area contributed by atoms with E-state index in [1.807, 2.05) is 0 Å². The summed E-state index contributed by atoms with van der Waals surface area (Å²) in [5.74, 6) is 8.60. The molecule has 0 N–H and O–H groups in total. The molecule has 4 unspecified atom stereocenters. The Hall–Kier alpha value is 0. The second kappa shape index (κ2) is 8.20. The van der Waals surface area contributed by atoms with Gasteiger partial charge in [0.2, 0.25) is 0 Å². The summed E-state index contributed by atoms with van der Waals surface area (Å²) in [5, 5.41) is 0. The van der Waals surface area contributed by atoms with E-state index in [0.29, 0.717) is 0 Å². The Labute approximate surface area is 141 Å². The van der Waals surface area contributed by atoms with Gasteiger partial charge in [-0.15, -0.1) is 0 Å². The first-order chi connectivity index (χ1) is 10.1. The first-order valence-corrected chi connectivity index (χ1v) is 10.1. The minimum atomic E-state index is 0.806. The zero-order chi connectivity index (χ0) is 17.2. The molecule has 0 amide bonds. The van der Waals surface area contributed by atoms with Crippen LogP contribution in [0.4, 0.5) is 0 Å². The van der Waals surface area contributed by atoms with Gasteiger partial charge in [0.25, 0.3) is 0 Å². The van der Waals surface area contributed by atoms with Crippen LogP contribution in [0, 0.1) is 59.2 Å². The molecule has 1 aliphatic carbocycles. The van der Waals surface area contributed by atoms with Crippen LogP contribution in [0.25, 0.3) is 0 Å². The highest BCUT2D eigenvalue weighted by Gasteiger charge is 2.46. The molecule has 0 heterocycles. The molecule has 1 rings (SSSR count). The Morgan fingerprint density at radius 2 is 0.682 bits per heavy atom. The molecule has 4 atom stereocenters. The van der Waals surface area contributed by atoms with Crippen LogP contribution in [0.5, 0.6) is 0 Å². The SMILES string of the molecule is CC(C)C1CCC(C(C)C)C(C(C)C)C(C(C)C)C1C(C)C. The standard InChI is InChI=1S/C22H44/c1-13(2)18-11-12-19(14(3)4)21(16(7)8)22(17(9)10)20(18)15(5)6/h13-22H,11-12H2,1-10H3. The monoisotopic (exact) mass is 308 g/mol. The van der Waals surface area contributed by atoms with Crippen molar-refractivity contribution in [2.24, 2.45) is 59.2 Å². The van der Waals surface area contributed by atoms with Crippen LogP contribution in [0.3, 0.4) is 0 Å². The fourth-order valence-electron chi connectivity index (χ4n) is 5.92. The van der Waals surface area contributed by atoms with E-state index >= 15 is 0 Å². The number of hydrogen-bond donors (Lipinski definition) is 0. The van der Waals surface area contributed by atoms with Gasteiger partial charge in [-0.1, -0.05) is 69.2 Å². The molecule has 22 heavy (non-hydrogen) atoms. The highest BCUT2D eigenvalue weighted by atomic mass is 14.5. The van der Waals surface area contributed by atoms with Crippen molar-refractivity contribution in [2.75, 3.05) is 0 Å². The van der Waals surface area contributed by atoms with Gasteiger partial charge in [0.05, 0.1) is 0 Å². The molecule has 0 bridgehead atoms. The van der Waals surface area contributed by atoms with Crippen LogP contribution in [0.2, 0.25) is 0 Å². The van der Waals surface area contributed by atoms with Gasteiger partial charge in [0.1, 0.15) is 0 Å². The Bertz CT molecular complexity index is 282. The van der Waals surface area contributed by atoms with Crippen molar-refractivity contribution in [3.63, 3.8) is 0 Å². The molecular formula is C22H44. The summed E-state index contributed by atoms with van der Waals surface area (Å²) >= 11 is 0. The van der Waals surface area contributed by atoms with E-state index < -0.39 is 0 Å². The van der Waals surface area contributed by atoms with Gasteiger partial charge >= 0.3 is 0 Å². The average Bonchev–Trinajstić information content (AvgIpc) is 2.54. The third-order valence-corrected chi connectivity index (χ3v) is 6.73. The molecule has 0 aromatic carbocycles. The second-order valence-corrected chi connectivity index (χ2v) is 9.86. The molecule has 0 heteroatoms. The van der Waals surface area contributed by atoms with Gasteiger partial charge < -0.3 is 0 Å². The molecule has 1 saturated carbocycles. The minimum absolute atomic E-state index is 0.806. The van der Waals surface area contributed by atoms with Crippen LogP contribution in [-0.2, 0) is 0 Å². The third-order valence-electron chi connectivity index (χ3n) is 6.73. The van der Waals surface area contributed by atoms with Gasteiger partial charge in [-0.2, -0.15) is 0 Å². The maximum atomic E-state index is 2.50. The maximum Gasteiger partial charge on any atom is -0.0324 e. The maximum absolute atomic E-state index is 2.50. The summed E-state index contributed by atoms with van der Waals surface area (Å²) in [6.07, 6.45) is 2.91. The van der Waals surface area contributed by atoms with Crippen LogP contribution in [0.15, 0.2) is 0 Å². The quantitative estimate of drug-likeness (QED) is 0.473. The lowest BCUT2D eigenvalue weighted by Crippen LogP contribution is -2.40. The second-order valence-electron chi connectivity index (χ2n) is 9.86. The topological polar surface area (TPSA) is 0 Å². The zero-order valence-electron chi connectivity index (χ0n) is 17.2. The highest BCUT2D eigenvalue weighted by molar-refractivity contribution is 4.94. The first kappa shape index (κ1) is 20.0. The van der Waals surface area contributed by atoms with E-state index in [0.717, 1.165) is 59.2 Å². The number of hydrogen-bond acceptors (Lipinski definition) is 0. The van der Waals surface area contributed by atoms with Gasteiger partial charge in [0, 0.05) is 0 Å². The summed E-state index contributed by atoms with van der Waals surface area (Å²) in [4.78, 5) is 0. The molecule has 0 aromatic heterocycles. The first-order valence-electron chi connectivity index (χ1n) is 10.1. The van der Waals surface area contributed by atoms with E-state index in [4.69, 9.17) is 0 Å². The van der Waals surface area contributed by atoms with Crippen molar-refractivity contribution >= 4 is 0 Å². The molecule has 1 fully saturated rings. The fraction of sp³-hybridized carbons (Fsp3) is 1.00. The summed E-state index contributed by atoms with van der Waals surface area (Å²) in [5.41, 5.74) is 0. The van der Waals surface area contributed by atoms with Crippen LogP contribution >= 0.6 is 0 Å². The Morgan fingerprint density at radius 1 is 0.409 bits per heavy atom. The normalized spacial score (nSPS) is 34.2. The van der Waals surface area contributed by atoms with Gasteiger partial charge in [-0.05, 0) is 72.0 Å². The van der Waals surface area contributed by atoms with Crippen LogP contribution in [0.1, 0.15) is 82.1 Å². The molecular weight excluding hydrogens is 264 g/mol. The predicted octanol–water partition coefficient (Wildman–Crippen LogP) is 7.14. The fourth-order valence-corrected chi connectivity index (χ4v) is 5.92. The van der Waals surface area contributed by atoms with E-state index in [9.17, 15) is 0 Å². The van der Waals surface area contributed by atoms with Crippen molar-refractivity contribution in [3.05, 3.63) is 0 Å². The van der Waals surface area contributed by atoms with Crippen molar-refractivity contribution in [2.45, 2.75) is 82.1 Å². The molecule has 0 spiro atoms. The minimum Gasteiger partial charge on any atom is -0.0625 e. The lowest BCUT2D eigenvalue weighted by molar-refractivity contribution is 0.0243. The molecule has 0 nitrogen and oxygen atoms in total. The Morgan fingerprint density at radius 3 is 0.864 bits per heavy atom. The van der Waals surface area contributed by atoms with E-state index in [2.05, 4.69) is 69.2 Å². The number of rotatable bonds is 5. The van der Waals surface area contributed by atoms with E-state index in [-0.39, 0.29) is 0 Å². The van der Waals surface area contributed by atoms with Crippen molar-refractivity contribution in [3.8, 4) is 0 Å². The lowest BCUT2D eigenvalue weighted by Gasteiger charge is -2.45. The molecule has 0 aromatic rings. The van der Waals surface area contributed by atoms with Crippen molar-refractivity contribution in [1.82, 2.24) is 0 Å². The smallest absolute Gasteiger partial charge is 0.0324 e. The Kier molecular flexibility index (Phi) is 7.47. The van der Waals surface area contributed by atoms with Crippen LogP contribution in [-0.4, -0.2) is 0 Å². The van der Waals surface area contributed by atoms with E-state index in [1.165, 1.54) is 12.8 Å². The largest absolute Gasteiger partial charge is 0.0625 e. The summed E-state index contributed by atoms with van der Waals surface area (Å²) < 4.78 is 0. The highest BCUT2D eigenvalue weighted by Crippen LogP contribution is 2.52.